The van der Waals surface area contributed by atoms with Crippen LogP contribution in [0.15, 0.2) is 30.3 Å². The van der Waals surface area contributed by atoms with Gasteiger partial charge >= 0.3 is 12.0 Å². The van der Waals surface area contributed by atoms with Gasteiger partial charge in [-0.3, -0.25) is 0 Å². The van der Waals surface area contributed by atoms with Gasteiger partial charge in [0.25, 0.3) is 0 Å². The van der Waals surface area contributed by atoms with Crippen LogP contribution in [0.5, 0.6) is 0 Å². The second-order valence-corrected chi connectivity index (χ2v) is 5.36. The number of hydrogen-bond acceptors (Lipinski definition) is 2. The fourth-order valence-electron chi connectivity index (χ4n) is 2.27. The van der Waals surface area contributed by atoms with Gasteiger partial charge in [-0.05, 0) is 25.3 Å². The van der Waals surface area contributed by atoms with Gasteiger partial charge in [-0.1, -0.05) is 50.6 Å². The molecular weight excluding hydrogens is 268 g/mol. The monoisotopic (exact) mass is 292 g/mol. The summed E-state index contributed by atoms with van der Waals surface area (Å²) in [6, 6.07) is 9.04. The lowest BCUT2D eigenvalue weighted by Gasteiger charge is -2.27. The molecule has 1 aromatic rings. The van der Waals surface area contributed by atoms with Crippen LogP contribution in [0.1, 0.15) is 51.6 Å². The Morgan fingerprint density at radius 1 is 1.24 bits per heavy atom. The van der Waals surface area contributed by atoms with Crippen molar-refractivity contribution >= 4 is 12.0 Å². The van der Waals surface area contributed by atoms with Crippen LogP contribution in [0.3, 0.4) is 0 Å². The summed E-state index contributed by atoms with van der Waals surface area (Å²) in [4.78, 5) is 23.4. The molecule has 0 bridgehead atoms. The van der Waals surface area contributed by atoms with Crippen molar-refractivity contribution in [3.8, 4) is 0 Å². The Kier molecular flexibility index (Phi) is 6.21. The molecule has 1 rings (SSSR count). The highest BCUT2D eigenvalue weighted by Gasteiger charge is 2.34. The average molecular weight is 292 g/mol. The molecule has 2 unspecified atom stereocenters. The fourth-order valence-corrected chi connectivity index (χ4v) is 2.27. The van der Waals surface area contributed by atoms with Crippen molar-refractivity contribution < 1.29 is 14.7 Å². The molecular formula is C16H24N2O3. The lowest BCUT2D eigenvalue weighted by atomic mass is 9.96. The first-order valence-corrected chi connectivity index (χ1v) is 7.30. The van der Waals surface area contributed by atoms with Crippen LogP contribution in [0, 0.1) is 0 Å². The van der Waals surface area contributed by atoms with Crippen LogP contribution in [-0.2, 0) is 4.79 Å². The molecule has 116 valence electrons. The van der Waals surface area contributed by atoms with Crippen LogP contribution in [-0.4, -0.2) is 22.6 Å². The molecule has 0 radical (unpaired) electrons. The molecule has 0 spiro atoms. The minimum atomic E-state index is -1.24. The number of carboxylic acids is 1. The highest BCUT2D eigenvalue weighted by atomic mass is 16.4. The SMILES string of the molecule is CCCC(C)(NC(=O)NC(CC)c1ccccc1)C(=O)O. The molecule has 3 N–H and O–H groups in total. The van der Waals surface area contributed by atoms with E-state index >= 15 is 0 Å². The summed E-state index contributed by atoms with van der Waals surface area (Å²) in [5.74, 6) is -1.02. The van der Waals surface area contributed by atoms with Gasteiger partial charge in [-0.15, -0.1) is 0 Å². The van der Waals surface area contributed by atoms with Crippen molar-refractivity contribution in [1.29, 1.82) is 0 Å². The molecule has 2 atom stereocenters. The molecule has 21 heavy (non-hydrogen) atoms. The highest BCUT2D eigenvalue weighted by molar-refractivity contribution is 5.86. The summed E-state index contributed by atoms with van der Waals surface area (Å²) in [5, 5.41) is 14.7. The van der Waals surface area contributed by atoms with E-state index in [-0.39, 0.29) is 6.04 Å². The van der Waals surface area contributed by atoms with Gasteiger partial charge in [0.05, 0.1) is 6.04 Å². The predicted octanol–water partition coefficient (Wildman–Crippen LogP) is 3.08. The number of carbonyl (C=O) groups excluding carboxylic acids is 1. The first kappa shape index (κ1) is 17.0. The van der Waals surface area contributed by atoms with Gasteiger partial charge in [0.1, 0.15) is 5.54 Å². The number of benzene rings is 1. The van der Waals surface area contributed by atoms with Crippen LogP contribution >= 0.6 is 0 Å². The van der Waals surface area contributed by atoms with E-state index < -0.39 is 17.5 Å². The van der Waals surface area contributed by atoms with Gasteiger partial charge in [0.2, 0.25) is 0 Å². The zero-order valence-corrected chi connectivity index (χ0v) is 12.8. The number of carbonyl (C=O) groups is 2. The second kappa shape index (κ2) is 7.67. The number of rotatable bonds is 7. The maximum absolute atomic E-state index is 12.1. The number of nitrogens with one attached hydrogen (secondary N) is 2. The quantitative estimate of drug-likeness (QED) is 0.722. The molecule has 0 aliphatic heterocycles. The van der Waals surface area contributed by atoms with Crippen LogP contribution in [0.4, 0.5) is 4.79 Å². The van der Waals surface area contributed by atoms with Crippen LogP contribution in [0.2, 0.25) is 0 Å². The Hall–Kier alpha value is -2.04. The van der Waals surface area contributed by atoms with Gasteiger partial charge < -0.3 is 15.7 Å². The second-order valence-electron chi connectivity index (χ2n) is 5.36. The number of hydrogen-bond donors (Lipinski definition) is 3. The third-order valence-corrected chi connectivity index (χ3v) is 3.53. The van der Waals surface area contributed by atoms with Gasteiger partial charge in [0, 0.05) is 0 Å². The van der Waals surface area contributed by atoms with E-state index in [2.05, 4.69) is 10.6 Å². The van der Waals surface area contributed by atoms with E-state index in [0.717, 1.165) is 12.0 Å². The molecule has 2 amide bonds. The Balaban J connectivity index is 2.73. The van der Waals surface area contributed by atoms with Crippen molar-refractivity contribution in [3.05, 3.63) is 35.9 Å². The predicted molar refractivity (Wildman–Crippen MR) is 82.1 cm³/mol. The summed E-state index contributed by atoms with van der Waals surface area (Å²) in [5.41, 5.74) is -0.240. The molecule has 0 fully saturated rings. The maximum atomic E-state index is 12.1. The largest absolute Gasteiger partial charge is 0.480 e. The average Bonchev–Trinajstić information content (AvgIpc) is 2.45. The first-order valence-electron chi connectivity index (χ1n) is 7.30. The number of aliphatic carboxylic acids is 1. The van der Waals surface area contributed by atoms with Crippen LogP contribution in [0.25, 0.3) is 0 Å². The molecule has 0 aromatic heterocycles. The molecule has 1 aromatic carbocycles. The minimum Gasteiger partial charge on any atom is -0.480 e. The molecule has 0 aliphatic carbocycles. The van der Waals surface area contributed by atoms with E-state index in [4.69, 9.17) is 0 Å². The van der Waals surface area contributed by atoms with E-state index in [1.165, 1.54) is 6.92 Å². The lowest BCUT2D eigenvalue weighted by molar-refractivity contribution is -0.144. The lowest BCUT2D eigenvalue weighted by Crippen LogP contribution is -2.55. The van der Waals surface area contributed by atoms with Crippen molar-refractivity contribution in [1.82, 2.24) is 10.6 Å². The van der Waals surface area contributed by atoms with Gasteiger partial charge in [0.15, 0.2) is 0 Å². The molecule has 0 aliphatic rings. The summed E-state index contributed by atoms with van der Waals surface area (Å²) >= 11 is 0. The Morgan fingerprint density at radius 3 is 2.33 bits per heavy atom. The minimum absolute atomic E-state index is 0.133. The van der Waals surface area contributed by atoms with Gasteiger partial charge in [-0.2, -0.15) is 0 Å². The Morgan fingerprint density at radius 2 is 1.86 bits per heavy atom. The third-order valence-electron chi connectivity index (χ3n) is 3.53. The van der Waals surface area contributed by atoms with Crippen molar-refractivity contribution in [3.63, 3.8) is 0 Å². The van der Waals surface area contributed by atoms with E-state index in [0.29, 0.717) is 12.8 Å². The molecule has 0 saturated carbocycles. The number of amides is 2. The molecule has 0 saturated heterocycles. The van der Waals surface area contributed by atoms with Crippen LogP contribution < -0.4 is 10.6 Å². The molecule has 5 heteroatoms. The highest BCUT2D eigenvalue weighted by Crippen LogP contribution is 2.17. The third kappa shape index (κ3) is 4.77. The van der Waals surface area contributed by atoms with Crippen molar-refractivity contribution in [2.45, 2.75) is 51.6 Å². The fraction of sp³-hybridized carbons (Fsp3) is 0.500. The summed E-state index contributed by atoms with van der Waals surface area (Å²) in [6.07, 6.45) is 1.80. The number of carboxylic acid groups (broad SMARTS) is 1. The smallest absolute Gasteiger partial charge is 0.329 e. The van der Waals surface area contributed by atoms with E-state index in [9.17, 15) is 14.7 Å². The standard InChI is InChI=1S/C16H24N2O3/c1-4-11-16(3,14(19)20)18-15(21)17-13(5-2)12-9-7-6-8-10-12/h6-10,13H,4-5,11H2,1-3H3,(H,19,20)(H2,17,18,21). The summed E-state index contributed by atoms with van der Waals surface area (Å²) in [6.45, 7) is 5.39. The Bertz CT molecular complexity index is 476. The first-order chi connectivity index (χ1) is 9.92. The van der Waals surface area contributed by atoms with Crippen molar-refractivity contribution in [2.24, 2.45) is 0 Å². The Labute approximate surface area is 125 Å². The van der Waals surface area contributed by atoms with Gasteiger partial charge in [-0.25, -0.2) is 9.59 Å². The number of urea groups is 1. The summed E-state index contributed by atoms with van der Waals surface area (Å²) in [7, 11) is 0. The maximum Gasteiger partial charge on any atom is 0.329 e. The van der Waals surface area contributed by atoms with Crippen molar-refractivity contribution in [2.75, 3.05) is 0 Å². The van der Waals surface area contributed by atoms with E-state index in [1.807, 2.05) is 44.2 Å². The normalized spacial score (nSPS) is 14.8. The zero-order valence-electron chi connectivity index (χ0n) is 12.8. The summed E-state index contributed by atoms with van der Waals surface area (Å²) < 4.78 is 0. The topological polar surface area (TPSA) is 78.4 Å². The zero-order chi connectivity index (χ0) is 15.9. The van der Waals surface area contributed by atoms with E-state index in [1.54, 1.807) is 0 Å². The molecule has 0 heterocycles. The molecule has 5 nitrogen and oxygen atoms in total.